The normalized spacial score (nSPS) is 16.9. The molecule has 1 atom stereocenters. The third-order valence-corrected chi connectivity index (χ3v) is 7.27. The monoisotopic (exact) mass is 442 g/mol. The predicted molar refractivity (Wildman–Crippen MR) is 121 cm³/mol. The molecular formula is C23H26N2O5S. The minimum Gasteiger partial charge on any atom is -0.493 e. The summed E-state index contributed by atoms with van der Waals surface area (Å²) in [6, 6.07) is 8.67. The van der Waals surface area contributed by atoms with E-state index in [-0.39, 0.29) is 12.1 Å². The van der Waals surface area contributed by atoms with E-state index < -0.39 is 16.1 Å². The van der Waals surface area contributed by atoms with Gasteiger partial charge in [-0.1, -0.05) is 12.1 Å². The van der Waals surface area contributed by atoms with Crippen molar-refractivity contribution in [1.29, 1.82) is 0 Å². The molecule has 31 heavy (non-hydrogen) atoms. The van der Waals surface area contributed by atoms with Crippen LogP contribution in [0.3, 0.4) is 0 Å². The first kappa shape index (κ1) is 21.4. The summed E-state index contributed by atoms with van der Waals surface area (Å²) in [6.45, 7) is 4.18. The molecule has 0 fully saturated rings. The van der Waals surface area contributed by atoms with Crippen LogP contribution in [0, 0.1) is 13.8 Å². The van der Waals surface area contributed by atoms with Gasteiger partial charge in [0.15, 0.2) is 11.5 Å². The van der Waals surface area contributed by atoms with Crippen LogP contribution in [0.4, 0.5) is 0 Å². The molecule has 3 aromatic rings. The Bertz CT molecular complexity index is 1340. The molecular weight excluding hydrogens is 416 g/mol. The van der Waals surface area contributed by atoms with Gasteiger partial charge < -0.3 is 14.5 Å². The number of aromatic nitrogens is 1. The average Bonchev–Trinajstić information content (AvgIpc) is 2.73. The largest absolute Gasteiger partial charge is 0.493 e. The minimum absolute atomic E-state index is 0.274. The minimum atomic E-state index is -3.58. The molecule has 2 aromatic carbocycles. The molecule has 2 heterocycles. The Hall–Kier alpha value is -2.84. The Morgan fingerprint density at radius 1 is 1.00 bits per heavy atom. The molecule has 164 valence electrons. The molecule has 0 spiro atoms. The molecule has 1 N–H and O–H groups in total. The second-order valence-electron chi connectivity index (χ2n) is 7.97. The highest BCUT2D eigenvalue weighted by atomic mass is 32.2. The quantitative estimate of drug-likeness (QED) is 0.671. The van der Waals surface area contributed by atoms with Crippen LogP contribution in [-0.4, -0.2) is 44.7 Å². The maximum absolute atomic E-state index is 13.2. The summed E-state index contributed by atoms with van der Waals surface area (Å²) in [5, 5.41) is 0.899. The van der Waals surface area contributed by atoms with Gasteiger partial charge >= 0.3 is 0 Å². The number of nitrogens with one attached hydrogen (secondary N) is 1. The second kappa shape index (κ2) is 7.69. The summed E-state index contributed by atoms with van der Waals surface area (Å²) in [4.78, 5) is 16.2. The summed E-state index contributed by atoms with van der Waals surface area (Å²) in [5.74, 6) is 1.07. The number of hydrogen-bond donors (Lipinski definition) is 1. The van der Waals surface area contributed by atoms with Crippen molar-refractivity contribution in [2.45, 2.75) is 26.3 Å². The first-order valence-electron chi connectivity index (χ1n) is 10.0. The molecule has 1 aliphatic rings. The number of H-pyrrole nitrogens is 1. The van der Waals surface area contributed by atoms with Crippen molar-refractivity contribution in [3.8, 4) is 11.5 Å². The highest BCUT2D eigenvalue weighted by molar-refractivity contribution is 7.88. The summed E-state index contributed by atoms with van der Waals surface area (Å²) >= 11 is 0. The lowest BCUT2D eigenvalue weighted by atomic mass is 9.89. The van der Waals surface area contributed by atoms with Gasteiger partial charge in [-0.05, 0) is 60.7 Å². The van der Waals surface area contributed by atoms with Crippen LogP contribution in [0.25, 0.3) is 10.9 Å². The van der Waals surface area contributed by atoms with Gasteiger partial charge in [-0.3, -0.25) is 4.79 Å². The fraction of sp³-hybridized carbons (Fsp3) is 0.348. The lowest BCUT2D eigenvalue weighted by molar-refractivity contribution is 0.332. The Kier molecular flexibility index (Phi) is 5.31. The zero-order chi connectivity index (χ0) is 22.5. The van der Waals surface area contributed by atoms with Crippen LogP contribution in [0.1, 0.15) is 33.9 Å². The van der Waals surface area contributed by atoms with E-state index in [1.54, 1.807) is 13.2 Å². The van der Waals surface area contributed by atoms with Crippen molar-refractivity contribution in [3.05, 3.63) is 68.5 Å². The summed E-state index contributed by atoms with van der Waals surface area (Å²) in [7, 11) is -0.486. The first-order chi connectivity index (χ1) is 14.7. The van der Waals surface area contributed by atoms with E-state index in [1.165, 1.54) is 17.7 Å². The maximum atomic E-state index is 13.2. The van der Waals surface area contributed by atoms with Crippen LogP contribution in [-0.2, 0) is 16.4 Å². The molecule has 0 amide bonds. The molecule has 0 saturated carbocycles. The van der Waals surface area contributed by atoms with Crippen molar-refractivity contribution in [1.82, 2.24) is 9.29 Å². The van der Waals surface area contributed by atoms with E-state index in [4.69, 9.17) is 9.47 Å². The smallest absolute Gasteiger partial charge is 0.253 e. The molecule has 0 aliphatic carbocycles. The SMILES string of the molecule is COc1cc2c(cc1OC)[C@H](c1cc3c(C)ccc(C)c3[nH]c1=O)N(S(C)(=O)=O)CC2. The Morgan fingerprint density at radius 3 is 2.29 bits per heavy atom. The Morgan fingerprint density at radius 2 is 1.65 bits per heavy atom. The van der Waals surface area contributed by atoms with E-state index in [0.29, 0.717) is 23.5 Å². The highest BCUT2D eigenvalue weighted by Crippen LogP contribution is 2.41. The number of sulfonamides is 1. The van der Waals surface area contributed by atoms with E-state index in [9.17, 15) is 13.2 Å². The average molecular weight is 443 g/mol. The molecule has 8 heteroatoms. The number of rotatable bonds is 4. The lowest BCUT2D eigenvalue weighted by Gasteiger charge is -2.36. The standard InChI is InChI=1S/C23H26N2O5S/c1-13-6-7-14(2)21-16(13)11-18(23(26)24-21)22-17-12-20(30-4)19(29-3)10-15(17)8-9-25(22)31(5,27)28/h6-7,10-12,22H,8-9H2,1-5H3,(H,24,26)/t22-/m1/s1. The predicted octanol–water partition coefficient (Wildman–Crippen LogP) is 3.07. The molecule has 4 rings (SSSR count). The number of hydrogen-bond acceptors (Lipinski definition) is 5. The fourth-order valence-corrected chi connectivity index (χ4v) is 5.43. The van der Waals surface area contributed by atoms with Crippen LogP contribution >= 0.6 is 0 Å². The van der Waals surface area contributed by atoms with Gasteiger partial charge in [0.05, 0.1) is 32.0 Å². The van der Waals surface area contributed by atoms with Gasteiger partial charge in [0.25, 0.3) is 5.56 Å². The van der Waals surface area contributed by atoms with E-state index >= 15 is 0 Å². The van der Waals surface area contributed by atoms with Gasteiger partial charge in [-0.2, -0.15) is 4.31 Å². The zero-order valence-electron chi connectivity index (χ0n) is 18.3. The number of aryl methyl sites for hydroxylation is 2. The van der Waals surface area contributed by atoms with Crippen LogP contribution < -0.4 is 15.0 Å². The second-order valence-corrected chi connectivity index (χ2v) is 9.91. The van der Waals surface area contributed by atoms with E-state index in [2.05, 4.69) is 4.98 Å². The van der Waals surface area contributed by atoms with Crippen molar-refractivity contribution >= 4 is 20.9 Å². The van der Waals surface area contributed by atoms with Crippen LogP contribution in [0.5, 0.6) is 11.5 Å². The van der Waals surface area contributed by atoms with Crippen molar-refractivity contribution in [2.24, 2.45) is 0 Å². The third kappa shape index (κ3) is 3.59. The molecule has 0 unspecified atom stereocenters. The van der Waals surface area contributed by atoms with Gasteiger partial charge in [-0.15, -0.1) is 0 Å². The number of methoxy groups -OCH3 is 2. The van der Waals surface area contributed by atoms with Crippen LogP contribution in [0.15, 0.2) is 35.1 Å². The molecule has 0 bridgehead atoms. The van der Waals surface area contributed by atoms with Gasteiger partial charge in [-0.25, -0.2) is 8.42 Å². The summed E-state index contributed by atoms with van der Waals surface area (Å²) < 4.78 is 37.7. The van der Waals surface area contributed by atoms with Gasteiger partial charge in [0, 0.05) is 17.5 Å². The molecule has 7 nitrogen and oxygen atoms in total. The maximum Gasteiger partial charge on any atom is 0.253 e. The third-order valence-electron chi connectivity index (χ3n) is 6.02. The van der Waals surface area contributed by atoms with Crippen LogP contribution in [0.2, 0.25) is 0 Å². The van der Waals surface area contributed by atoms with Gasteiger partial charge in [0.1, 0.15) is 0 Å². The highest BCUT2D eigenvalue weighted by Gasteiger charge is 2.37. The topological polar surface area (TPSA) is 88.7 Å². The molecule has 1 aliphatic heterocycles. The number of benzene rings is 2. The number of ether oxygens (including phenoxy) is 2. The molecule has 0 saturated heterocycles. The Labute approximate surface area is 181 Å². The van der Waals surface area contributed by atoms with Crippen molar-refractivity contribution in [2.75, 3.05) is 27.0 Å². The fourth-order valence-electron chi connectivity index (χ4n) is 4.40. The first-order valence-corrected chi connectivity index (χ1v) is 11.8. The zero-order valence-corrected chi connectivity index (χ0v) is 19.1. The van der Waals surface area contributed by atoms with Gasteiger partial charge in [0.2, 0.25) is 10.0 Å². The summed E-state index contributed by atoms with van der Waals surface area (Å²) in [6.07, 6.45) is 1.69. The van der Waals surface area contributed by atoms with Crippen molar-refractivity contribution in [3.63, 3.8) is 0 Å². The van der Waals surface area contributed by atoms with Crippen molar-refractivity contribution < 1.29 is 17.9 Å². The number of fused-ring (bicyclic) bond motifs is 2. The Balaban J connectivity index is 2.04. The lowest BCUT2D eigenvalue weighted by Crippen LogP contribution is -2.42. The number of pyridine rings is 1. The van der Waals surface area contributed by atoms with E-state index in [1.807, 2.05) is 38.1 Å². The van der Waals surface area contributed by atoms with E-state index in [0.717, 1.165) is 33.2 Å². The summed E-state index contributed by atoms with van der Waals surface area (Å²) in [5.41, 5.74) is 4.48. The number of aromatic amines is 1. The number of nitrogens with zero attached hydrogens (tertiary/aromatic N) is 1. The molecule has 1 aromatic heterocycles. The molecule has 0 radical (unpaired) electrons.